The van der Waals surface area contributed by atoms with Crippen molar-refractivity contribution in [2.75, 3.05) is 11.9 Å². The van der Waals surface area contributed by atoms with E-state index in [-0.39, 0.29) is 6.61 Å². The van der Waals surface area contributed by atoms with Crippen LogP contribution in [0.3, 0.4) is 0 Å². The molecule has 0 saturated carbocycles. The predicted molar refractivity (Wildman–Crippen MR) is 88.6 cm³/mol. The van der Waals surface area contributed by atoms with Crippen LogP contribution in [-0.4, -0.2) is 23.7 Å². The Hall–Kier alpha value is -3.12. The molecule has 0 aliphatic rings. The van der Waals surface area contributed by atoms with Gasteiger partial charge in [-0.1, -0.05) is 42.5 Å². The van der Waals surface area contributed by atoms with E-state index < -0.39 is 11.9 Å². The molecule has 0 bridgehead atoms. The van der Waals surface area contributed by atoms with Crippen molar-refractivity contribution in [3.63, 3.8) is 0 Å². The van der Waals surface area contributed by atoms with E-state index in [1.54, 1.807) is 60.7 Å². The van der Waals surface area contributed by atoms with Gasteiger partial charge in [-0.2, -0.15) is 0 Å². The Kier molecular flexibility index (Phi) is 5.90. The van der Waals surface area contributed by atoms with Gasteiger partial charge in [0.15, 0.2) is 0 Å². The van der Waals surface area contributed by atoms with Crippen molar-refractivity contribution in [2.45, 2.75) is 0 Å². The van der Waals surface area contributed by atoms with Crippen LogP contribution in [0.1, 0.15) is 15.9 Å². The van der Waals surface area contributed by atoms with Crippen molar-refractivity contribution >= 4 is 23.7 Å². The lowest BCUT2D eigenvalue weighted by molar-refractivity contribution is 0.0938. The normalized spacial score (nSPS) is 10.3. The molecule has 6 heteroatoms. The fourth-order valence-electron chi connectivity index (χ4n) is 1.85. The number of rotatable bonds is 4. The number of carbonyl (C=O) groups excluding carboxylic acids is 2. The highest BCUT2D eigenvalue weighted by Gasteiger charge is 2.06. The number of hydrazine groups is 1. The van der Waals surface area contributed by atoms with Crippen LogP contribution in [0.2, 0.25) is 0 Å². The monoisotopic (exact) mass is 311 g/mol. The molecule has 118 valence electrons. The lowest BCUT2D eigenvalue weighted by Gasteiger charge is -2.09. The molecule has 0 aromatic heterocycles. The van der Waals surface area contributed by atoms with Crippen molar-refractivity contribution in [1.82, 2.24) is 10.9 Å². The third-order valence-electron chi connectivity index (χ3n) is 2.89. The minimum Gasteiger partial charge on any atom is -0.392 e. The third kappa shape index (κ3) is 5.29. The third-order valence-corrected chi connectivity index (χ3v) is 2.89. The topological polar surface area (TPSA) is 90.5 Å². The molecule has 0 atom stereocenters. The van der Waals surface area contributed by atoms with E-state index in [4.69, 9.17) is 5.11 Å². The number of carbonyl (C=O) groups is 2. The van der Waals surface area contributed by atoms with Gasteiger partial charge >= 0.3 is 6.03 Å². The first-order valence-electron chi connectivity index (χ1n) is 6.99. The number of nitrogens with one attached hydrogen (secondary N) is 3. The van der Waals surface area contributed by atoms with Crippen LogP contribution in [0.4, 0.5) is 10.5 Å². The summed E-state index contributed by atoms with van der Waals surface area (Å²) in [6.45, 7) is -0.0519. The minimum absolute atomic E-state index is 0.0519. The Morgan fingerprint density at radius 1 is 1.00 bits per heavy atom. The standard InChI is InChI=1S/C17H17N3O3/c21-11-5-7-13-6-4-10-15(12-13)18-17(23)20-19-16(22)14-8-2-1-3-9-14/h1-10,12,21H,11H2,(H,19,22)(H2,18,20,23)/b7-5+. The largest absolute Gasteiger partial charge is 0.392 e. The summed E-state index contributed by atoms with van der Waals surface area (Å²) >= 11 is 0. The Balaban J connectivity index is 1.87. The molecule has 0 spiro atoms. The summed E-state index contributed by atoms with van der Waals surface area (Å²) in [7, 11) is 0. The second-order valence-electron chi connectivity index (χ2n) is 4.61. The number of aliphatic hydroxyl groups is 1. The summed E-state index contributed by atoms with van der Waals surface area (Å²) in [5, 5.41) is 11.4. The van der Waals surface area contributed by atoms with Crippen LogP contribution in [0.5, 0.6) is 0 Å². The van der Waals surface area contributed by atoms with Crippen LogP contribution < -0.4 is 16.2 Å². The van der Waals surface area contributed by atoms with Gasteiger partial charge in [0.25, 0.3) is 5.91 Å². The molecule has 0 heterocycles. The van der Waals surface area contributed by atoms with Gasteiger partial charge in [0.2, 0.25) is 0 Å². The fourth-order valence-corrected chi connectivity index (χ4v) is 1.85. The molecule has 4 N–H and O–H groups in total. The Bertz CT molecular complexity index is 699. The van der Waals surface area contributed by atoms with Crippen LogP contribution in [0, 0.1) is 0 Å². The van der Waals surface area contributed by atoms with E-state index >= 15 is 0 Å². The highest BCUT2D eigenvalue weighted by molar-refractivity contribution is 5.97. The maximum atomic E-state index is 11.8. The van der Waals surface area contributed by atoms with Gasteiger partial charge in [0, 0.05) is 11.3 Å². The van der Waals surface area contributed by atoms with Gasteiger partial charge in [0.1, 0.15) is 0 Å². The minimum atomic E-state index is -0.558. The average molecular weight is 311 g/mol. The van der Waals surface area contributed by atoms with Crippen LogP contribution >= 0.6 is 0 Å². The smallest absolute Gasteiger partial charge is 0.337 e. The van der Waals surface area contributed by atoms with E-state index in [2.05, 4.69) is 16.2 Å². The average Bonchev–Trinajstić information content (AvgIpc) is 2.59. The molecule has 0 radical (unpaired) electrons. The zero-order valence-electron chi connectivity index (χ0n) is 12.3. The van der Waals surface area contributed by atoms with E-state index in [1.165, 1.54) is 0 Å². The maximum absolute atomic E-state index is 11.8. The number of anilines is 1. The summed E-state index contributed by atoms with van der Waals surface area (Å²) in [5.74, 6) is -0.402. The van der Waals surface area contributed by atoms with E-state index in [0.717, 1.165) is 5.56 Å². The SMILES string of the molecule is O=C(NNC(=O)c1ccccc1)Nc1cccc(/C=C/CO)c1. The van der Waals surface area contributed by atoms with Crippen molar-refractivity contribution < 1.29 is 14.7 Å². The van der Waals surface area contributed by atoms with Gasteiger partial charge < -0.3 is 10.4 Å². The molecular weight excluding hydrogens is 294 g/mol. The lowest BCUT2D eigenvalue weighted by Crippen LogP contribution is -2.43. The molecule has 2 aromatic rings. The summed E-state index contributed by atoms with van der Waals surface area (Å²) in [5.41, 5.74) is 6.46. The van der Waals surface area contributed by atoms with E-state index in [1.807, 2.05) is 6.07 Å². The second kappa shape index (κ2) is 8.35. The first kappa shape index (κ1) is 16.3. The number of hydrogen-bond acceptors (Lipinski definition) is 3. The summed E-state index contributed by atoms with van der Waals surface area (Å²) < 4.78 is 0. The highest BCUT2D eigenvalue weighted by Crippen LogP contribution is 2.11. The number of amides is 3. The molecule has 2 aromatic carbocycles. The van der Waals surface area contributed by atoms with Crippen molar-refractivity contribution in [1.29, 1.82) is 0 Å². The quantitative estimate of drug-likeness (QED) is 0.652. The molecule has 6 nitrogen and oxygen atoms in total. The molecule has 0 fully saturated rings. The number of aliphatic hydroxyl groups excluding tert-OH is 1. The molecule has 23 heavy (non-hydrogen) atoms. The number of urea groups is 1. The predicted octanol–water partition coefficient (Wildman–Crippen LogP) is 2.16. The van der Waals surface area contributed by atoms with Crippen molar-refractivity contribution in [3.05, 3.63) is 71.8 Å². The van der Waals surface area contributed by atoms with Gasteiger partial charge in [-0.15, -0.1) is 0 Å². The molecule has 0 saturated heterocycles. The Labute approximate surface area is 133 Å². The zero-order valence-corrected chi connectivity index (χ0v) is 12.3. The van der Waals surface area contributed by atoms with E-state index in [0.29, 0.717) is 11.3 Å². The fraction of sp³-hybridized carbons (Fsp3) is 0.0588. The molecule has 3 amide bonds. The molecule has 2 rings (SSSR count). The van der Waals surface area contributed by atoms with Crippen LogP contribution in [-0.2, 0) is 0 Å². The van der Waals surface area contributed by atoms with Gasteiger partial charge in [-0.05, 0) is 29.8 Å². The number of benzene rings is 2. The Morgan fingerprint density at radius 2 is 1.78 bits per heavy atom. The van der Waals surface area contributed by atoms with E-state index in [9.17, 15) is 9.59 Å². The molecule has 0 aliphatic carbocycles. The highest BCUT2D eigenvalue weighted by atomic mass is 16.2. The first-order valence-corrected chi connectivity index (χ1v) is 6.99. The van der Waals surface area contributed by atoms with Crippen LogP contribution in [0.15, 0.2) is 60.7 Å². The first-order chi connectivity index (χ1) is 11.2. The molecule has 0 unspecified atom stereocenters. The summed E-state index contributed by atoms with van der Waals surface area (Å²) in [6.07, 6.45) is 3.33. The lowest BCUT2D eigenvalue weighted by atomic mass is 10.2. The Morgan fingerprint density at radius 3 is 2.52 bits per heavy atom. The number of hydrogen-bond donors (Lipinski definition) is 4. The molecular formula is C17H17N3O3. The summed E-state index contributed by atoms with van der Waals surface area (Å²) in [4.78, 5) is 23.6. The van der Waals surface area contributed by atoms with Crippen molar-refractivity contribution in [3.8, 4) is 0 Å². The van der Waals surface area contributed by atoms with Crippen molar-refractivity contribution in [2.24, 2.45) is 0 Å². The summed E-state index contributed by atoms with van der Waals surface area (Å²) in [6, 6.07) is 15.1. The second-order valence-corrected chi connectivity index (χ2v) is 4.61. The van der Waals surface area contributed by atoms with Crippen LogP contribution in [0.25, 0.3) is 6.08 Å². The van der Waals surface area contributed by atoms with Gasteiger partial charge in [-0.3, -0.25) is 10.2 Å². The zero-order chi connectivity index (χ0) is 16.5. The van der Waals surface area contributed by atoms with Gasteiger partial charge in [-0.25, -0.2) is 10.2 Å². The molecule has 0 aliphatic heterocycles. The maximum Gasteiger partial charge on any atom is 0.337 e. The van der Waals surface area contributed by atoms with Gasteiger partial charge in [0.05, 0.1) is 6.61 Å².